The summed E-state index contributed by atoms with van der Waals surface area (Å²) in [5.41, 5.74) is 4.68. The second kappa shape index (κ2) is 4.40. The molecule has 0 aliphatic heterocycles. The van der Waals surface area contributed by atoms with Gasteiger partial charge in [0.1, 0.15) is 5.41 Å². The number of nitrogens with two attached hydrogens (primary N) is 1. The third-order valence-electron chi connectivity index (χ3n) is 3.05. The maximum absolute atomic E-state index is 12.0. The van der Waals surface area contributed by atoms with Gasteiger partial charge in [0, 0.05) is 0 Å². The number of hydrogen-bond donors (Lipinski definition) is 3. The van der Waals surface area contributed by atoms with Gasteiger partial charge in [-0.1, -0.05) is 16.7 Å². The van der Waals surface area contributed by atoms with Crippen LogP contribution in [0.1, 0.15) is 25.1 Å². The first-order valence-electron chi connectivity index (χ1n) is 5.20. The first-order chi connectivity index (χ1) is 8.19. The summed E-state index contributed by atoms with van der Waals surface area (Å²) in [6.07, 6.45) is 3.23. The maximum Gasteiger partial charge on any atom is 0.234 e. The van der Waals surface area contributed by atoms with Gasteiger partial charge in [0.25, 0.3) is 0 Å². The first kappa shape index (κ1) is 11.4. The Labute approximate surface area is 96.9 Å². The van der Waals surface area contributed by atoms with Gasteiger partial charge in [-0.05, 0) is 12.8 Å². The zero-order chi connectivity index (χ0) is 12.3. The molecule has 0 bridgehead atoms. The van der Waals surface area contributed by atoms with Crippen LogP contribution in [0, 0.1) is 5.41 Å². The van der Waals surface area contributed by atoms with E-state index in [1.807, 2.05) is 0 Å². The van der Waals surface area contributed by atoms with E-state index >= 15 is 0 Å². The van der Waals surface area contributed by atoms with E-state index in [4.69, 9.17) is 10.9 Å². The molecular formula is C9H13N5O3. The SMILES string of the molecule is NC(=NO)C1(C(=O)NCc2ncon2)CCC1. The average molecular weight is 239 g/mol. The Kier molecular flexibility index (Phi) is 2.94. The fourth-order valence-electron chi connectivity index (χ4n) is 1.82. The maximum atomic E-state index is 12.0. The van der Waals surface area contributed by atoms with Gasteiger partial charge in [0.2, 0.25) is 12.3 Å². The molecule has 8 heteroatoms. The highest BCUT2D eigenvalue weighted by molar-refractivity contribution is 6.07. The molecular weight excluding hydrogens is 226 g/mol. The minimum atomic E-state index is -0.877. The Bertz CT molecular complexity index is 424. The number of nitrogens with zero attached hydrogens (tertiary/aromatic N) is 3. The van der Waals surface area contributed by atoms with Crippen molar-refractivity contribution in [2.45, 2.75) is 25.8 Å². The summed E-state index contributed by atoms with van der Waals surface area (Å²) in [4.78, 5) is 15.7. The predicted octanol–water partition coefficient (Wildman–Crippen LogP) is -0.398. The van der Waals surface area contributed by atoms with Crippen LogP contribution in [-0.4, -0.2) is 27.1 Å². The number of carbonyl (C=O) groups excluding carboxylic acids is 1. The lowest BCUT2D eigenvalue weighted by molar-refractivity contribution is -0.131. The van der Waals surface area contributed by atoms with E-state index in [-0.39, 0.29) is 18.3 Å². The van der Waals surface area contributed by atoms with Gasteiger partial charge in [-0.3, -0.25) is 4.79 Å². The van der Waals surface area contributed by atoms with Gasteiger partial charge < -0.3 is 20.8 Å². The summed E-state index contributed by atoms with van der Waals surface area (Å²) in [5, 5.41) is 17.8. The lowest BCUT2D eigenvalue weighted by Gasteiger charge is -2.38. The van der Waals surface area contributed by atoms with Crippen molar-refractivity contribution >= 4 is 11.7 Å². The van der Waals surface area contributed by atoms with Gasteiger partial charge >= 0.3 is 0 Å². The number of rotatable bonds is 4. The molecule has 8 nitrogen and oxygen atoms in total. The molecule has 0 aromatic carbocycles. The molecule has 1 aromatic heterocycles. The van der Waals surface area contributed by atoms with E-state index < -0.39 is 5.41 Å². The van der Waals surface area contributed by atoms with Crippen molar-refractivity contribution in [3.8, 4) is 0 Å². The highest BCUT2D eigenvalue weighted by atomic mass is 16.5. The van der Waals surface area contributed by atoms with Gasteiger partial charge in [-0.15, -0.1) is 0 Å². The van der Waals surface area contributed by atoms with Crippen LogP contribution < -0.4 is 11.1 Å². The standard InChI is InChI=1S/C9H13N5O3/c10-7(13-16)9(2-1-3-9)8(15)11-4-6-12-5-17-14-6/h5,16H,1-4H2,(H2,10,13)(H,11,15). The minimum Gasteiger partial charge on any atom is -0.409 e. The van der Waals surface area contributed by atoms with E-state index in [1.165, 1.54) is 6.39 Å². The fraction of sp³-hybridized carbons (Fsp3) is 0.556. The van der Waals surface area contributed by atoms with E-state index in [0.29, 0.717) is 18.7 Å². The third-order valence-corrected chi connectivity index (χ3v) is 3.05. The Morgan fingerprint density at radius 3 is 2.94 bits per heavy atom. The first-order valence-corrected chi connectivity index (χ1v) is 5.20. The molecule has 1 heterocycles. The van der Waals surface area contributed by atoms with Crippen molar-refractivity contribution in [3.05, 3.63) is 12.2 Å². The zero-order valence-electron chi connectivity index (χ0n) is 9.09. The smallest absolute Gasteiger partial charge is 0.234 e. The molecule has 1 amide bonds. The Hall–Kier alpha value is -2.12. The van der Waals surface area contributed by atoms with Gasteiger partial charge in [-0.25, -0.2) is 0 Å². The number of carbonyl (C=O) groups is 1. The number of oxime groups is 1. The molecule has 17 heavy (non-hydrogen) atoms. The Morgan fingerprint density at radius 1 is 1.71 bits per heavy atom. The summed E-state index contributed by atoms with van der Waals surface area (Å²) in [7, 11) is 0. The normalized spacial score (nSPS) is 18.5. The van der Waals surface area contributed by atoms with Crippen LogP contribution in [0.25, 0.3) is 0 Å². The van der Waals surface area contributed by atoms with E-state index in [2.05, 4.69) is 25.1 Å². The monoisotopic (exact) mass is 239 g/mol. The second-order valence-corrected chi connectivity index (χ2v) is 3.95. The van der Waals surface area contributed by atoms with Crippen molar-refractivity contribution in [2.24, 2.45) is 16.3 Å². The number of amides is 1. The number of nitrogens with one attached hydrogen (secondary N) is 1. The van der Waals surface area contributed by atoms with Crippen LogP contribution in [-0.2, 0) is 11.3 Å². The summed E-state index contributed by atoms with van der Waals surface area (Å²) in [6, 6.07) is 0. The summed E-state index contributed by atoms with van der Waals surface area (Å²) < 4.78 is 4.54. The van der Waals surface area contributed by atoms with Crippen LogP contribution >= 0.6 is 0 Å². The van der Waals surface area contributed by atoms with Crippen LogP contribution in [0.5, 0.6) is 0 Å². The van der Waals surface area contributed by atoms with E-state index in [1.54, 1.807) is 0 Å². The molecule has 1 aromatic rings. The molecule has 2 rings (SSSR count). The highest BCUT2D eigenvalue weighted by Crippen LogP contribution is 2.41. The fourth-order valence-corrected chi connectivity index (χ4v) is 1.82. The molecule has 0 spiro atoms. The number of amidine groups is 1. The van der Waals surface area contributed by atoms with Crippen molar-refractivity contribution in [1.29, 1.82) is 0 Å². The molecule has 1 saturated carbocycles. The van der Waals surface area contributed by atoms with Crippen molar-refractivity contribution in [1.82, 2.24) is 15.5 Å². The zero-order valence-corrected chi connectivity index (χ0v) is 9.09. The van der Waals surface area contributed by atoms with Crippen LogP contribution in [0.15, 0.2) is 16.1 Å². The Balaban J connectivity index is 1.99. The van der Waals surface area contributed by atoms with Gasteiger partial charge in [0.05, 0.1) is 6.54 Å². The summed E-state index contributed by atoms with van der Waals surface area (Å²) >= 11 is 0. The van der Waals surface area contributed by atoms with Gasteiger partial charge in [0.15, 0.2) is 11.7 Å². The lowest BCUT2D eigenvalue weighted by atomic mass is 9.67. The topological polar surface area (TPSA) is 127 Å². The predicted molar refractivity (Wildman–Crippen MR) is 55.8 cm³/mol. The lowest BCUT2D eigenvalue weighted by Crippen LogP contribution is -2.53. The van der Waals surface area contributed by atoms with Crippen molar-refractivity contribution in [3.63, 3.8) is 0 Å². The molecule has 0 saturated heterocycles. The number of hydrogen-bond acceptors (Lipinski definition) is 6. The third kappa shape index (κ3) is 1.93. The molecule has 92 valence electrons. The van der Waals surface area contributed by atoms with E-state index in [9.17, 15) is 4.79 Å². The van der Waals surface area contributed by atoms with Crippen LogP contribution in [0.3, 0.4) is 0 Å². The molecule has 0 unspecified atom stereocenters. The molecule has 0 radical (unpaired) electrons. The molecule has 1 fully saturated rings. The highest BCUT2D eigenvalue weighted by Gasteiger charge is 2.48. The molecule has 4 N–H and O–H groups in total. The molecule has 0 atom stereocenters. The largest absolute Gasteiger partial charge is 0.409 e. The minimum absolute atomic E-state index is 0.0469. The summed E-state index contributed by atoms with van der Waals surface area (Å²) in [5.74, 6) is 0.0607. The number of aromatic nitrogens is 2. The molecule has 1 aliphatic carbocycles. The average Bonchev–Trinajstić information content (AvgIpc) is 2.77. The van der Waals surface area contributed by atoms with Crippen LogP contribution in [0.2, 0.25) is 0 Å². The van der Waals surface area contributed by atoms with Gasteiger partial charge in [-0.2, -0.15) is 4.98 Å². The van der Waals surface area contributed by atoms with Crippen molar-refractivity contribution < 1.29 is 14.5 Å². The second-order valence-electron chi connectivity index (χ2n) is 3.95. The molecule has 1 aliphatic rings. The van der Waals surface area contributed by atoms with E-state index in [0.717, 1.165) is 6.42 Å². The quantitative estimate of drug-likeness (QED) is 0.284. The van der Waals surface area contributed by atoms with Crippen molar-refractivity contribution in [2.75, 3.05) is 0 Å². The van der Waals surface area contributed by atoms with Crippen LogP contribution in [0.4, 0.5) is 0 Å². The Morgan fingerprint density at radius 2 is 2.47 bits per heavy atom. The summed E-state index contributed by atoms with van der Waals surface area (Å²) in [6.45, 7) is 0.162.